The van der Waals surface area contributed by atoms with Crippen LogP contribution in [0.4, 0.5) is 10.5 Å². The van der Waals surface area contributed by atoms with E-state index in [-0.39, 0.29) is 26.1 Å². The zero-order chi connectivity index (χ0) is 16.8. The van der Waals surface area contributed by atoms with Crippen molar-refractivity contribution in [2.45, 2.75) is 25.3 Å². The average molecular weight is 324 g/mol. The molecule has 0 aliphatic carbocycles. The van der Waals surface area contributed by atoms with Crippen molar-refractivity contribution in [3.05, 3.63) is 18.2 Å². The van der Waals surface area contributed by atoms with E-state index in [4.69, 9.17) is 19.7 Å². The van der Waals surface area contributed by atoms with Crippen LogP contribution in [0.25, 0.3) is 0 Å². The molecule has 1 aliphatic rings. The summed E-state index contributed by atoms with van der Waals surface area (Å²) in [5.41, 5.74) is 0.418. The highest BCUT2D eigenvalue weighted by Crippen LogP contribution is 2.34. The number of carbonyl (C=O) groups is 3. The Labute approximate surface area is 131 Å². The number of hydrogen-bond acceptors (Lipinski definition) is 5. The second kappa shape index (κ2) is 7.34. The van der Waals surface area contributed by atoms with Crippen molar-refractivity contribution in [3.63, 3.8) is 0 Å². The molecular weight excluding hydrogens is 308 g/mol. The molecule has 1 aromatic carbocycles. The van der Waals surface area contributed by atoms with Gasteiger partial charge >= 0.3 is 18.0 Å². The zero-order valence-electron chi connectivity index (χ0n) is 12.1. The third-order valence-electron chi connectivity index (χ3n) is 3.12. The van der Waals surface area contributed by atoms with E-state index in [0.29, 0.717) is 17.2 Å². The monoisotopic (exact) mass is 324 g/mol. The van der Waals surface area contributed by atoms with E-state index in [1.807, 2.05) is 0 Å². The zero-order valence-corrected chi connectivity index (χ0v) is 12.1. The minimum Gasteiger partial charge on any atom is -0.481 e. The van der Waals surface area contributed by atoms with Gasteiger partial charge in [-0.25, -0.2) is 9.59 Å². The molecule has 4 N–H and O–H groups in total. The number of hydrogen-bond donors (Lipinski definition) is 4. The maximum atomic E-state index is 11.9. The lowest BCUT2D eigenvalue weighted by Gasteiger charge is -2.15. The first-order valence-corrected chi connectivity index (χ1v) is 6.87. The van der Waals surface area contributed by atoms with E-state index in [1.165, 1.54) is 0 Å². The second-order valence-corrected chi connectivity index (χ2v) is 4.84. The molecule has 0 aromatic heterocycles. The Balaban J connectivity index is 1.88. The van der Waals surface area contributed by atoms with Crippen LogP contribution in [-0.2, 0) is 9.59 Å². The fourth-order valence-corrected chi connectivity index (χ4v) is 2.01. The molecule has 0 saturated carbocycles. The van der Waals surface area contributed by atoms with Gasteiger partial charge in [-0.2, -0.15) is 0 Å². The van der Waals surface area contributed by atoms with Gasteiger partial charge in [0.2, 0.25) is 6.79 Å². The predicted octanol–water partition coefficient (Wildman–Crippen LogP) is 1.24. The van der Waals surface area contributed by atoms with Gasteiger partial charge < -0.3 is 30.3 Å². The summed E-state index contributed by atoms with van der Waals surface area (Å²) in [6.45, 7) is 0.107. The van der Waals surface area contributed by atoms with Crippen molar-refractivity contribution < 1.29 is 34.1 Å². The number of carbonyl (C=O) groups excluding carboxylic acids is 1. The Hall–Kier alpha value is -2.97. The number of amides is 2. The van der Waals surface area contributed by atoms with E-state index < -0.39 is 24.0 Å². The normalized spacial score (nSPS) is 13.2. The SMILES string of the molecule is O=C(O)CCCC(NC(=O)Nc1ccc2c(c1)OCO2)C(=O)O. The summed E-state index contributed by atoms with van der Waals surface area (Å²) in [5, 5.41) is 22.4. The number of urea groups is 1. The maximum Gasteiger partial charge on any atom is 0.326 e. The van der Waals surface area contributed by atoms with Crippen molar-refractivity contribution in [1.29, 1.82) is 0 Å². The van der Waals surface area contributed by atoms with Gasteiger partial charge in [0, 0.05) is 18.2 Å². The van der Waals surface area contributed by atoms with E-state index in [9.17, 15) is 14.4 Å². The molecule has 1 atom stereocenters. The number of aliphatic carboxylic acids is 2. The summed E-state index contributed by atoms with van der Waals surface area (Å²) in [4.78, 5) is 33.4. The molecule has 0 fully saturated rings. The van der Waals surface area contributed by atoms with Crippen LogP contribution in [0.5, 0.6) is 11.5 Å². The molecule has 1 aromatic rings. The Morgan fingerprint density at radius 2 is 1.91 bits per heavy atom. The molecular formula is C14H16N2O7. The molecule has 124 valence electrons. The van der Waals surface area contributed by atoms with Gasteiger partial charge in [0.1, 0.15) is 6.04 Å². The number of benzene rings is 1. The van der Waals surface area contributed by atoms with Crippen molar-refractivity contribution >= 4 is 23.7 Å². The predicted molar refractivity (Wildman–Crippen MR) is 77.6 cm³/mol. The van der Waals surface area contributed by atoms with Gasteiger partial charge in [0.15, 0.2) is 11.5 Å². The van der Waals surface area contributed by atoms with Gasteiger partial charge in [-0.15, -0.1) is 0 Å². The molecule has 1 unspecified atom stereocenters. The van der Waals surface area contributed by atoms with Crippen LogP contribution in [0.1, 0.15) is 19.3 Å². The highest BCUT2D eigenvalue weighted by molar-refractivity contribution is 5.92. The topological polar surface area (TPSA) is 134 Å². The molecule has 9 nitrogen and oxygen atoms in total. The molecule has 0 spiro atoms. The third-order valence-corrected chi connectivity index (χ3v) is 3.12. The van der Waals surface area contributed by atoms with Crippen LogP contribution in [0, 0.1) is 0 Å². The Bertz CT molecular complexity index is 617. The van der Waals surface area contributed by atoms with Gasteiger partial charge in [0.05, 0.1) is 0 Å². The molecule has 0 saturated heterocycles. The van der Waals surface area contributed by atoms with Crippen molar-refractivity contribution in [2.24, 2.45) is 0 Å². The quantitative estimate of drug-likeness (QED) is 0.593. The highest BCUT2D eigenvalue weighted by Gasteiger charge is 2.20. The summed E-state index contributed by atoms with van der Waals surface area (Å²) in [6, 6.07) is 2.91. The number of ether oxygens (including phenoxy) is 2. The minimum absolute atomic E-state index is 0.0240. The average Bonchev–Trinajstić information content (AvgIpc) is 2.93. The van der Waals surface area contributed by atoms with Gasteiger partial charge in [-0.1, -0.05) is 0 Å². The van der Waals surface area contributed by atoms with Crippen LogP contribution in [0.15, 0.2) is 18.2 Å². The number of carboxylic acids is 2. The summed E-state index contributed by atoms with van der Waals surface area (Å²) in [6.07, 6.45) is 0.0159. The highest BCUT2D eigenvalue weighted by atomic mass is 16.7. The molecule has 1 aliphatic heterocycles. The summed E-state index contributed by atoms with van der Waals surface area (Å²) >= 11 is 0. The molecule has 1 heterocycles. The standard InChI is InChI=1S/C14H16N2O7/c17-12(18)3-1-2-9(13(19)20)16-14(21)15-8-4-5-10-11(6-8)23-7-22-10/h4-6,9H,1-3,7H2,(H,17,18)(H,19,20)(H2,15,16,21). The smallest absolute Gasteiger partial charge is 0.326 e. The largest absolute Gasteiger partial charge is 0.481 e. The van der Waals surface area contributed by atoms with Gasteiger partial charge in [0.25, 0.3) is 0 Å². The fraction of sp³-hybridized carbons (Fsp3) is 0.357. The first kappa shape index (κ1) is 16.4. The number of nitrogens with one attached hydrogen (secondary N) is 2. The van der Waals surface area contributed by atoms with E-state index in [1.54, 1.807) is 18.2 Å². The van der Waals surface area contributed by atoms with E-state index in [0.717, 1.165) is 0 Å². The number of anilines is 1. The lowest BCUT2D eigenvalue weighted by molar-refractivity contribution is -0.140. The van der Waals surface area contributed by atoms with Crippen LogP contribution < -0.4 is 20.1 Å². The van der Waals surface area contributed by atoms with Crippen molar-refractivity contribution in [2.75, 3.05) is 12.1 Å². The summed E-state index contributed by atoms with van der Waals surface area (Å²) in [5.74, 6) is -1.19. The molecule has 2 amide bonds. The van der Waals surface area contributed by atoms with E-state index in [2.05, 4.69) is 10.6 Å². The van der Waals surface area contributed by atoms with Gasteiger partial charge in [-0.3, -0.25) is 4.79 Å². The lowest BCUT2D eigenvalue weighted by atomic mass is 10.1. The van der Waals surface area contributed by atoms with Crippen molar-refractivity contribution in [1.82, 2.24) is 5.32 Å². The van der Waals surface area contributed by atoms with Gasteiger partial charge in [-0.05, 0) is 25.0 Å². The Kier molecular flexibility index (Phi) is 5.23. The number of rotatable bonds is 7. The molecule has 0 radical (unpaired) electrons. The maximum absolute atomic E-state index is 11.9. The van der Waals surface area contributed by atoms with Crippen LogP contribution in [-0.4, -0.2) is 41.0 Å². The Morgan fingerprint density at radius 1 is 1.17 bits per heavy atom. The molecule has 23 heavy (non-hydrogen) atoms. The fourth-order valence-electron chi connectivity index (χ4n) is 2.01. The lowest BCUT2D eigenvalue weighted by Crippen LogP contribution is -2.43. The third kappa shape index (κ3) is 4.77. The molecule has 9 heteroatoms. The first-order chi connectivity index (χ1) is 11.0. The van der Waals surface area contributed by atoms with Crippen LogP contribution in [0.3, 0.4) is 0 Å². The summed E-state index contributed by atoms with van der Waals surface area (Å²) < 4.78 is 10.3. The number of carboxylic acid groups (broad SMARTS) is 2. The van der Waals surface area contributed by atoms with Crippen molar-refractivity contribution in [3.8, 4) is 11.5 Å². The van der Waals surface area contributed by atoms with Crippen LogP contribution in [0.2, 0.25) is 0 Å². The number of fused-ring (bicyclic) bond motifs is 1. The Morgan fingerprint density at radius 3 is 2.61 bits per heavy atom. The minimum atomic E-state index is -1.23. The second-order valence-electron chi connectivity index (χ2n) is 4.84. The van der Waals surface area contributed by atoms with E-state index >= 15 is 0 Å². The molecule has 0 bridgehead atoms. The molecule has 2 rings (SSSR count). The van der Waals surface area contributed by atoms with Crippen LogP contribution >= 0.6 is 0 Å². The first-order valence-electron chi connectivity index (χ1n) is 6.87. The summed E-state index contributed by atoms with van der Waals surface area (Å²) in [7, 11) is 0.